The highest BCUT2D eigenvalue weighted by Gasteiger charge is 2.18. The second kappa shape index (κ2) is 10.2. The van der Waals surface area contributed by atoms with Crippen LogP contribution >= 0.6 is 0 Å². The predicted molar refractivity (Wildman–Crippen MR) is 184 cm³/mol. The number of benzene rings is 7. The van der Waals surface area contributed by atoms with E-state index in [1.54, 1.807) is 30.3 Å². The first-order chi connectivity index (χ1) is 25.2. The van der Waals surface area contributed by atoms with Gasteiger partial charge in [-0.05, 0) is 56.9 Å². The number of para-hydroxylation sites is 1. The summed E-state index contributed by atoms with van der Waals surface area (Å²) in [4.78, 5) is 14.5. The monoisotopic (exact) mass is 582 g/mol. The SMILES string of the molecule is [2H]c1ccc2oc3ccc([2H])c(-c4ccc(-c5nc(-c6ccc7ccccc7c6)nc(-c6c([2H])c([2H])c([2H])c([2H])c6[2H])n5)c5ccccc45)c3c2c1. The summed E-state index contributed by atoms with van der Waals surface area (Å²) in [6.07, 6.45) is 0. The Morgan fingerprint density at radius 3 is 2.02 bits per heavy atom. The topological polar surface area (TPSA) is 51.8 Å². The molecule has 4 heteroatoms. The quantitative estimate of drug-likeness (QED) is 0.207. The third-order valence-electron chi connectivity index (χ3n) is 8.07. The first-order valence-corrected chi connectivity index (χ1v) is 14.5. The summed E-state index contributed by atoms with van der Waals surface area (Å²) in [6.45, 7) is 0. The molecule has 45 heavy (non-hydrogen) atoms. The lowest BCUT2D eigenvalue weighted by molar-refractivity contribution is 0.669. The van der Waals surface area contributed by atoms with Gasteiger partial charge in [0.2, 0.25) is 0 Å². The van der Waals surface area contributed by atoms with E-state index in [4.69, 9.17) is 29.0 Å². The Hall–Kier alpha value is -6.13. The van der Waals surface area contributed by atoms with Crippen molar-refractivity contribution < 1.29 is 14.0 Å². The van der Waals surface area contributed by atoms with Crippen molar-refractivity contribution in [1.82, 2.24) is 15.0 Å². The summed E-state index contributed by atoms with van der Waals surface area (Å²) < 4.78 is 65.7. The van der Waals surface area contributed by atoms with Crippen molar-refractivity contribution in [2.45, 2.75) is 0 Å². The van der Waals surface area contributed by atoms with E-state index in [1.165, 1.54) is 0 Å². The number of furan rings is 1. The second-order valence-corrected chi connectivity index (χ2v) is 10.7. The minimum absolute atomic E-state index is 0.0485. The first kappa shape index (κ1) is 19.2. The molecule has 0 N–H and O–H groups in total. The lowest BCUT2D eigenvalue weighted by atomic mass is 9.92. The first-order valence-electron chi connectivity index (χ1n) is 18.0. The van der Waals surface area contributed by atoms with Crippen LogP contribution in [-0.4, -0.2) is 15.0 Å². The number of nitrogens with zero attached hydrogens (tertiary/aromatic N) is 3. The van der Waals surface area contributed by atoms with Gasteiger partial charge in [-0.1, -0.05) is 127 Å². The number of hydrogen-bond acceptors (Lipinski definition) is 4. The molecule has 0 amide bonds. The lowest BCUT2D eigenvalue weighted by Gasteiger charge is -2.14. The summed E-state index contributed by atoms with van der Waals surface area (Å²) in [5.41, 5.74) is 3.86. The molecule has 4 nitrogen and oxygen atoms in total. The summed E-state index contributed by atoms with van der Waals surface area (Å²) in [7, 11) is 0. The summed E-state index contributed by atoms with van der Waals surface area (Å²) in [5, 5.41) is 5.08. The molecule has 2 aromatic heterocycles. The summed E-state index contributed by atoms with van der Waals surface area (Å²) in [5.74, 6) is 0.479. The van der Waals surface area contributed by atoms with E-state index in [0.29, 0.717) is 39.9 Å². The molecule has 0 saturated carbocycles. The van der Waals surface area contributed by atoms with Crippen molar-refractivity contribution in [2.24, 2.45) is 0 Å². The molecule has 9 rings (SSSR count). The Balaban J connectivity index is 1.32. The second-order valence-electron chi connectivity index (χ2n) is 10.7. The zero-order valence-electron chi connectivity index (χ0n) is 30.6. The van der Waals surface area contributed by atoms with Crippen LogP contribution in [0.25, 0.3) is 88.8 Å². The molecule has 0 atom stereocenters. The van der Waals surface area contributed by atoms with Crippen molar-refractivity contribution >= 4 is 43.5 Å². The Labute approximate surface area is 269 Å². The molecular weight excluding hydrogens is 550 g/mol. The van der Waals surface area contributed by atoms with Crippen LogP contribution in [0.2, 0.25) is 0 Å². The number of hydrogen-bond donors (Lipinski definition) is 0. The summed E-state index contributed by atoms with van der Waals surface area (Å²) in [6, 6.07) is 32.2. The van der Waals surface area contributed by atoms with E-state index in [-0.39, 0.29) is 23.0 Å². The molecule has 0 radical (unpaired) electrons. The smallest absolute Gasteiger partial charge is 0.164 e. The fraction of sp³-hybridized carbons (Fsp3) is 0. The number of rotatable bonds is 4. The highest BCUT2D eigenvalue weighted by molar-refractivity contribution is 6.16. The molecule has 0 aliphatic rings. The highest BCUT2D eigenvalue weighted by Crippen LogP contribution is 2.41. The van der Waals surface area contributed by atoms with Gasteiger partial charge in [-0.15, -0.1) is 0 Å². The van der Waals surface area contributed by atoms with E-state index < -0.39 is 30.2 Å². The Morgan fingerprint density at radius 1 is 0.444 bits per heavy atom. The van der Waals surface area contributed by atoms with Crippen LogP contribution in [0.5, 0.6) is 0 Å². The molecule has 2 heterocycles. The maximum absolute atomic E-state index is 9.04. The van der Waals surface area contributed by atoms with E-state index in [1.807, 2.05) is 78.9 Å². The zero-order valence-corrected chi connectivity index (χ0v) is 23.6. The predicted octanol–water partition coefficient (Wildman–Crippen LogP) is 10.7. The third-order valence-corrected chi connectivity index (χ3v) is 8.07. The molecule has 0 aliphatic carbocycles. The minimum Gasteiger partial charge on any atom is -0.456 e. The van der Waals surface area contributed by atoms with Gasteiger partial charge in [0.25, 0.3) is 0 Å². The normalized spacial score (nSPS) is 13.7. The molecule has 210 valence electrons. The van der Waals surface area contributed by atoms with Crippen molar-refractivity contribution in [3.05, 3.63) is 151 Å². The Morgan fingerprint density at radius 2 is 1.16 bits per heavy atom. The van der Waals surface area contributed by atoms with E-state index >= 15 is 0 Å². The lowest BCUT2D eigenvalue weighted by Crippen LogP contribution is -2.00. The molecule has 0 saturated heterocycles. The maximum atomic E-state index is 9.04. The van der Waals surface area contributed by atoms with Gasteiger partial charge in [0, 0.05) is 27.5 Å². The molecule has 0 aliphatic heterocycles. The van der Waals surface area contributed by atoms with E-state index in [2.05, 4.69) is 0 Å². The fourth-order valence-electron chi connectivity index (χ4n) is 6.00. The van der Waals surface area contributed by atoms with Crippen LogP contribution in [0.4, 0.5) is 0 Å². The molecule has 0 unspecified atom stereocenters. The van der Waals surface area contributed by atoms with Crippen LogP contribution < -0.4 is 0 Å². The molecule has 0 fully saturated rings. The van der Waals surface area contributed by atoms with Crippen LogP contribution in [0.15, 0.2) is 156 Å². The highest BCUT2D eigenvalue weighted by atomic mass is 16.3. The largest absolute Gasteiger partial charge is 0.456 e. The van der Waals surface area contributed by atoms with Gasteiger partial charge in [0.05, 0.1) is 9.60 Å². The van der Waals surface area contributed by atoms with Gasteiger partial charge in [-0.3, -0.25) is 0 Å². The van der Waals surface area contributed by atoms with Gasteiger partial charge in [0.1, 0.15) is 11.2 Å². The van der Waals surface area contributed by atoms with E-state index in [0.717, 1.165) is 37.9 Å². The van der Waals surface area contributed by atoms with Crippen molar-refractivity contribution in [3.63, 3.8) is 0 Å². The van der Waals surface area contributed by atoms with Crippen LogP contribution in [0.1, 0.15) is 9.60 Å². The molecule has 0 spiro atoms. The summed E-state index contributed by atoms with van der Waals surface area (Å²) >= 11 is 0. The average Bonchev–Trinajstić information content (AvgIpc) is 3.53. The van der Waals surface area contributed by atoms with E-state index in [9.17, 15) is 0 Å². The van der Waals surface area contributed by atoms with Crippen LogP contribution in [0.3, 0.4) is 0 Å². The molecular formula is C41H25N3O. The minimum atomic E-state index is -0.502. The van der Waals surface area contributed by atoms with Crippen molar-refractivity contribution in [3.8, 4) is 45.3 Å². The Bertz CT molecular complexity index is 2930. The number of fused-ring (bicyclic) bond motifs is 5. The van der Waals surface area contributed by atoms with Gasteiger partial charge >= 0.3 is 0 Å². The van der Waals surface area contributed by atoms with Gasteiger partial charge in [-0.2, -0.15) is 0 Å². The third kappa shape index (κ3) is 4.27. The zero-order chi connectivity index (χ0) is 35.8. The van der Waals surface area contributed by atoms with Crippen molar-refractivity contribution in [2.75, 3.05) is 0 Å². The maximum Gasteiger partial charge on any atom is 0.164 e. The standard InChI is InChI=1S/C41H25N3O/c1-2-12-27(13-3-1)39-42-40(29-22-21-26-11-4-5-14-28(26)25-29)44-41(43-39)34-24-23-32(30-15-6-7-16-31(30)34)33-18-10-20-37-38(33)35-17-8-9-19-36(35)45-37/h1-25H/i1D,2D,3D,8D,12D,13D,18D. The fourth-order valence-corrected chi connectivity index (χ4v) is 6.00. The molecule has 9 aromatic rings. The van der Waals surface area contributed by atoms with Gasteiger partial charge < -0.3 is 4.42 Å². The van der Waals surface area contributed by atoms with Gasteiger partial charge in [0.15, 0.2) is 17.5 Å². The van der Waals surface area contributed by atoms with Crippen LogP contribution in [0, 0.1) is 0 Å². The Kier molecular flexibility index (Phi) is 4.38. The number of aromatic nitrogens is 3. The molecule has 7 aromatic carbocycles. The molecule has 0 bridgehead atoms. The van der Waals surface area contributed by atoms with Crippen molar-refractivity contribution in [1.29, 1.82) is 0 Å². The van der Waals surface area contributed by atoms with Gasteiger partial charge in [-0.25, -0.2) is 15.0 Å². The van der Waals surface area contributed by atoms with Crippen LogP contribution in [-0.2, 0) is 0 Å². The average molecular weight is 583 g/mol.